The van der Waals surface area contributed by atoms with Crippen LogP contribution in [0, 0.1) is 0 Å². The van der Waals surface area contributed by atoms with E-state index >= 15 is 0 Å². The first-order chi connectivity index (χ1) is 6.81. The molecule has 0 saturated carbocycles. The number of rotatable bonds is 3. The van der Waals surface area contributed by atoms with Crippen molar-refractivity contribution in [3.8, 4) is 5.75 Å². The molecule has 2 rings (SSSR count). The lowest BCUT2D eigenvalue weighted by Gasteiger charge is -2.03. The van der Waals surface area contributed by atoms with E-state index in [4.69, 9.17) is 9.15 Å². The van der Waals surface area contributed by atoms with Crippen molar-refractivity contribution in [3.05, 3.63) is 40.5 Å². The van der Waals surface area contributed by atoms with Gasteiger partial charge in [0.1, 0.15) is 11.9 Å². The van der Waals surface area contributed by atoms with Gasteiger partial charge >= 0.3 is 0 Å². The van der Waals surface area contributed by atoms with Crippen LogP contribution in [0.5, 0.6) is 5.75 Å². The molecule has 1 atom stereocenters. The maximum Gasteiger partial charge on any atom is 0.129 e. The van der Waals surface area contributed by atoms with Crippen LogP contribution in [0.15, 0.2) is 34.5 Å². The molecule has 0 aliphatic heterocycles. The number of furan rings is 1. The zero-order valence-electron chi connectivity index (χ0n) is 7.64. The Morgan fingerprint density at radius 1 is 1.57 bits per heavy atom. The van der Waals surface area contributed by atoms with E-state index < -0.39 is 6.10 Å². The molecule has 2 aromatic heterocycles. The van der Waals surface area contributed by atoms with E-state index in [1.54, 1.807) is 19.4 Å². The summed E-state index contributed by atoms with van der Waals surface area (Å²) in [6, 6.07) is 3.57. The smallest absolute Gasteiger partial charge is 0.129 e. The molecular weight excluding hydrogens is 200 g/mol. The number of aliphatic hydroxyl groups excluding tert-OH is 1. The normalized spacial score (nSPS) is 12.7. The van der Waals surface area contributed by atoms with Gasteiger partial charge in [0.05, 0.1) is 19.6 Å². The molecule has 1 unspecified atom stereocenters. The number of hydrogen-bond acceptors (Lipinski definition) is 4. The maximum atomic E-state index is 9.88. The summed E-state index contributed by atoms with van der Waals surface area (Å²) >= 11 is 1.46. The molecule has 0 bridgehead atoms. The predicted octanol–water partition coefficient (Wildman–Crippen LogP) is 2.43. The van der Waals surface area contributed by atoms with E-state index in [1.807, 2.05) is 11.4 Å². The van der Waals surface area contributed by atoms with Gasteiger partial charge in [0.15, 0.2) is 0 Å². The van der Waals surface area contributed by atoms with Gasteiger partial charge in [-0.3, -0.25) is 0 Å². The summed E-state index contributed by atoms with van der Waals surface area (Å²) in [5.41, 5.74) is 0.759. The summed E-state index contributed by atoms with van der Waals surface area (Å²) < 4.78 is 9.94. The van der Waals surface area contributed by atoms with Crippen LogP contribution in [0.4, 0.5) is 0 Å². The lowest BCUT2D eigenvalue weighted by Crippen LogP contribution is -1.94. The molecule has 0 saturated heterocycles. The van der Waals surface area contributed by atoms with Crippen molar-refractivity contribution in [2.75, 3.05) is 7.11 Å². The molecule has 0 aliphatic rings. The minimum atomic E-state index is -0.623. The van der Waals surface area contributed by atoms with Crippen LogP contribution in [-0.4, -0.2) is 12.2 Å². The third-order valence-corrected chi connectivity index (χ3v) is 2.92. The van der Waals surface area contributed by atoms with Crippen LogP contribution in [0.25, 0.3) is 0 Å². The van der Waals surface area contributed by atoms with Crippen LogP contribution in [0.3, 0.4) is 0 Å². The molecule has 0 radical (unpaired) electrons. The summed E-state index contributed by atoms with van der Waals surface area (Å²) in [4.78, 5) is 0.850. The summed E-state index contributed by atoms with van der Waals surface area (Å²) in [6.07, 6.45) is 2.46. The average Bonchev–Trinajstić information content (AvgIpc) is 2.88. The van der Waals surface area contributed by atoms with Gasteiger partial charge in [0, 0.05) is 15.8 Å². The van der Waals surface area contributed by atoms with Gasteiger partial charge in [-0.2, -0.15) is 0 Å². The zero-order valence-corrected chi connectivity index (χ0v) is 8.45. The standard InChI is InChI=1S/C10H10O3S/c1-12-8-4-9(14-6-8)10(11)7-2-3-13-5-7/h2-6,10-11H,1H3. The summed E-state index contributed by atoms with van der Waals surface area (Å²) in [7, 11) is 1.61. The van der Waals surface area contributed by atoms with Gasteiger partial charge in [-0.1, -0.05) is 0 Å². The Balaban J connectivity index is 2.23. The molecule has 3 nitrogen and oxygen atoms in total. The molecule has 0 amide bonds. The second-order valence-electron chi connectivity index (χ2n) is 2.85. The van der Waals surface area contributed by atoms with Crippen molar-refractivity contribution in [2.45, 2.75) is 6.10 Å². The highest BCUT2D eigenvalue weighted by molar-refractivity contribution is 7.10. The number of ether oxygens (including phenoxy) is 1. The fraction of sp³-hybridized carbons (Fsp3) is 0.200. The van der Waals surface area contributed by atoms with Crippen LogP contribution < -0.4 is 4.74 Å². The molecule has 0 fully saturated rings. The lowest BCUT2D eigenvalue weighted by atomic mass is 10.2. The highest BCUT2D eigenvalue weighted by Crippen LogP contribution is 2.30. The summed E-state index contributed by atoms with van der Waals surface area (Å²) in [5.74, 6) is 0.771. The van der Waals surface area contributed by atoms with E-state index in [9.17, 15) is 5.11 Å². The van der Waals surface area contributed by atoms with E-state index in [0.29, 0.717) is 0 Å². The van der Waals surface area contributed by atoms with E-state index in [2.05, 4.69) is 0 Å². The molecule has 0 aliphatic carbocycles. The van der Waals surface area contributed by atoms with Gasteiger partial charge in [0.2, 0.25) is 0 Å². The predicted molar refractivity (Wildman–Crippen MR) is 53.6 cm³/mol. The number of aliphatic hydroxyl groups is 1. The molecule has 14 heavy (non-hydrogen) atoms. The second kappa shape index (κ2) is 3.86. The number of hydrogen-bond donors (Lipinski definition) is 1. The largest absolute Gasteiger partial charge is 0.496 e. The van der Waals surface area contributed by atoms with Crippen molar-refractivity contribution in [3.63, 3.8) is 0 Å². The monoisotopic (exact) mass is 210 g/mol. The molecule has 0 spiro atoms. The Morgan fingerprint density at radius 2 is 2.43 bits per heavy atom. The highest BCUT2D eigenvalue weighted by Gasteiger charge is 2.13. The van der Waals surface area contributed by atoms with E-state index in [1.165, 1.54) is 17.6 Å². The first-order valence-corrected chi connectivity index (χ1v) is 5.02. The molecular formula is C10H10O3S. The van der Waals surface area contributed by atoms with Crippen molar-refractivity contribution in [1.82, 2.24) is 0 Å². The quantitative estimate of drug-likeness (QED) is 0.846. The van der Waals surface area contributed by atoms with Crippen LogP contribution in [0.2, 0.25) is 0 Å². The lowest BCUT2D eigenvalue weighted by molar-refractivity contribution is 0.223. The topological polar surface area (TPSA) is 42.6 Å². The second-order valence-corrected chi connectivity index (χ2v) is 3.79. The minimum absolute atomic E-state index is 0.623. The zero-order chi connectivity index (χ0) is 9.97. The van der Waals surface area contributed by atoms with Gasteiger partial charge in [-0.15, -0.1) is 11.3 Å². The number of thiophene rings is 1. The average molecular weight is 210 g/mol. The van der Waals surface area contributed by atoms with Crippen molar-refractivity contribution >= 4 is 11.3 Å². The third kappa shape index (κ3) is 1.66. The van der Waals surface area contributed by atoms with E-state index in [0.717, 1.165) is 16.2 Å². The van der Waals surface area contributed by atoms with Gasteiger partial charge in [-0.25, -0.2) is 0 Å². The SMILES string of the molecule is COc1csc(C(O)c2ccoc2)c1. The fourth-order valence-electron chi connectivity index (χ4n) is 1.18. The van der Waals surface area contributed by atoms with Gasteiger partial charge in [0.25, 0.3) is 0 Å². The van der Waals surface area contributed by atoms with Crippen LogP contribution >= 0.6 is 11.3 Å². The molecule has 1 N–H and O–H groups in total. The Hall–Kier alpha value is -1.26. The van der Waals surface area contributed by atoms with Crippen molar-refractivity contribution < 1.29 is 14.3 Å². The third-order valence-electron chi connectivity index (χ3n) is 1.96. The molecule has 2 heterocycles. The summed E-state index contributed by atoms with van der Waals surface area (Å²) in [6.45, 7) is 0. The Bertz CT molecular complexity index is 391. The summed E-state index contributed by atoms with van der Waals surface area (Å²) in [5, 5.41) is 11.7. The van der Waals surface area contributed by atoms with Crippen LogP contribution in [0.1, 0.15) is 16.5 Å². The minimum Gasteiger partial charge on any atom is -0.496 e. The van der Waals surface area contributed by atoms with Crippen molar-refractivity contribution in [2.24, 2.45) is 0 Å². The van der Waals surface area contributed by atoms with Gasteiger partial charge < -0.3 is 14.3 Å². The van der Waals surface area contributed by atoms with Gasteiger partial charge in [-0.05, 0) is 12.1 Å². The van der Waals surface area contributed by atoms with E-state index in [-0.39, 0.29) is 0 Å². The molecule has 2 aromatic rings. The van der Waals surface area contributed by atoms with Crippen LogP contribution in [-0.2, 0) is 0 Å². The molecule has 0 aromatic carbocycles. The molecule has 4 heteroatoms. The number of methoxy groups -OCH3 is 1. The molecule has 74 valence electrons. The Kier molecular flexibility index (Phi) is 2.56. The highest BCUT2D eigenvalue weighted by atomic mass is 32.1. The van der Waals surface area contributed by atoms with Crippen molar-refractivity contribution in [1.29, 1.82) is 0 Å². The maximum absolute atomic E-state index is 9.88. The Morgan fingerprint density at radius 3 is 3.00 bits per heavy atom. The first kappa shape index (κ1) is 9.30. The fourth-order valence-corrected chi connectivity index (χ4v) is 2.05. The Labute approximate surface area is 85.6 Å². The first-order valence-electron chi connectivity index (χ1n) is 4.14.